The summed E-state index contributed by atoms with van der Waals surface area (Å²) in [5, 5.41) is 9.50. The molecular weight excluding hydrogens is 423 g/mol. The van der Waals surface area contributed by atoms with Gasteiger partial charge in [0.05, 0.1) is 36.1 Å². The van der Waals surface area contributed by atoms with Gasteiger partial charge in [0, 0.05) is 18.4 Å². The number of benzene rings is 1. The van der Waals surface area contributed by atoms with Crippen molar-refractivity contribution in [2.24, 2.45) is 5.41 Å². The molecule has 0 spiro atoms. The molecule has 3 heterocycles. The van der Waals surface area contributed by atoms with E-state index in [4.69, 9.17) is 10.00 Å². The number of nitriles is 1. The summed E-state index contributed by atoms with van der Waals surface area (Å²) in [6.07, 6.45) is 0.540. The third-order valence-corrected chi connectivity index (χ3v) is 7.50. The topological polar surface area (TPSA) is 49.2 Å². The van der Waals surface area contributed by atoms with Crippen molar-refractivity contribution in [1.82, 2.24) is 9.88 Å². The van der Waals surface area contributed by atoms with E-state index >= 15 is 0 Å². The van der Waals surface area contributed by atoms with Gasteiger partial charge in [-0.1, -0.05) is 12.1 Å². The summed E-state index contributed by atoms with van der Waals surface area (Å²) in [7, 11) is 0. The maximum atomic E-state index is 12.9. The first kappa shape index (κ1) is 22.3. The van der Waals surface area contributed by atoms with Gasteiger partial charge in [-0.25, -0.2) is 4.98 Å². The Morgan fingerprint density at radius 3 is 2.58 bits per heavy atom. The number of halogens is 3. The highest BCUT2D eigenvalue weighted by molar-refractivity contribution is 7.11. The zero-order valence-electron chi connectivity index (χ0n) is 17.7. The van der Waals surface area contributed by atoms with Crippen LogP contribution >= 0.6 is 11.3 Å². The minimum atomic E-state index is -4.34. The van der Waals surface area contributed by atoms with Crippen LogP contribution < -0.4 is 0 Å². The van der Waals surface area contributed by atoms with Crippen molar-refractivity contribution in [3.63, 3.8) is 0 Å². The third kappa shape index (κ3) is 4.94. The molecule has 2 fully saturated rings. The Hall–Kier alpha value is -1.95. The summed E-state index contributed by atoms with van der Waals surface area (Å²) in [6.45, 7) is 6.26. The van der Waals surface area contributed by atoms with E-state index in [0.717, 1.165) is 56.3 Å². The van der Waals surface area contributed by atoms with E-state index < -0.39 is 11.1 Å². The highest BCUT2D eigenvalue weighted by Gasteiger charge is 2.52. The van der Waals surface area contributed by atoms with E-state index in [1.54, 1.807) is 0 Å². The van der Waals surface area contributed by atoms with E-state index in [-0.39, 0.29) is 17.1 Å². The number of thiazole rings is 1. The first-order valence-corrected chi connectivity index (χ1v) is 11.3. The standard InChI is InChI=1S/C23H26F3N3OS/c1-21(2)11-18(30-21)22(8-7-16-3-5-17(12-27)6-4-16)9-10-29(15-22)14-20-28-13-19(31-20)23(24,25)26/h3-6,13,18H,7-11,14-15H2,1-2H3/t18?,22-/m1/s1. The molecule has 2 aliphatic rings. The molecule has 4 nitrogen and oxygen atoms in total. The first-order chi connectivity index (χ1) is 14.6. The molecule has 31 heavy (non-hydrogen) atoms. The molecule has 2 saturated heterocycles. The average Bonchev–Trinajstić information content (AvgIpc) is 3.33. The van der Waals surface area contributed by atoms with Gasteiger partial charge in [-0.2, -0.15) is 18.4 Å². The van der Waals surface area contributed by atoms with E-state index in [2.05, 4.69) is 29.8 Å². The van der Waals surface area contributed by atoms with E-state index in [9.17, 15) is 13.2 Å². The Labute approximate surface area is 184 Å². The second-order valence-corrected chi connectivity index (χ2v) is 10.4. The monoisotopic (exact) mass is 449 g/mol. The van der Waals surface area contributed by atoms with Crippen LogP contribution in [-0.2, 0) is 23.9 Å². The summed E-state index contributed by atoms with van der Waals surface area (Å²) >= 11 is 0.733. The molecule has 166 valence electrons. The van der Waals surface area contributed by atoms with Crippen molar-refractivity contribution in [1.29, 1.82) is 5.26 Å². The summed E-state index contributed by atoms with van der Waals surface area (Å²) < 4.78 is 45.0. The Bertz CT molecular complexity index is 956. The molecule has 2 aromatic rings. The molecule has 0 amide bonds. The second kappa shape index (κ2) is 8.19. The maximum absolute atomic E-state index is 12.9. The summed E-state index contributed by atoms with van der Waals surface area (Å²) in [5.74, 6) is 0. The molecule has 0 bridgehead atoms. The van der Waals surface area contributed by atoms with Crippen LogP contribution in [0.25, 0.3) is 0 Å². The predicted molar refractivity (Wildman–Crippen MR) is 112 cm³/mol. The van der Waals surface area contributed by atoms with Crippen LogP contribution in [0.2, 0.25) is 0 Å². The number of aromatic nitrogens is 1. The number of nitrogens with zero attached hydrogens (tertiary/aromatic N) is 3. The van der Waals surface area contributed by atoms with Crippen molar-refractivity contribution in [3.05, 3.63) is 51.5 Å². The fraction of sp³-hybridized carbons (Fsp3) is 0.565. The van der Waals surface area contributed by atoms with Gasteiger partial charge in [0.1, 0.15) is 9.88 Å². The fourth-order valence-electron chi connectivity index (χ4n) is 4.76. The average molecular weight is 450 g/mol. The zero-order valence-corrected chi connectivity index (χ0v) is 18.5. The molecule has 2 aliphatic heterocycles. The van der Waals surface area contributed by atoms with Gasteiger partial charge < -0.3 is 4.74 Å². The number of hydrogen-bond acceptors (Lipinski definition) is 5. The van der Waals surface area contributed by atoms with Crippen LogP contribution in [0.3, 0.4) is 0 Å². The number of alkyl halides is 3. The molecule has 0 N–H and O–H groups in total. The van der Waals surface area contributed by atoms with Crippen molar-refractivity contribution >= 4 is 11.3 Å². The number of aryl methyl sites for hydroxylation is 1. The minimum absolute atomic E-state index is 0.0203. The van der Waals surface area contributed by atoms with Gasteiger partial charge in [0.15, 0.2) is 0 Å². The molecule has 2 atom stereocenters. The minimum Gasteiger partial charge on any atom is -0.372 e. The Balaban J connectivity index is 1.44. The molecule has 1 aromatic heterocycles. The number of rotatable bonds is 6. The molecule has 0 aliphatic carbocycles. The fourth-order valence-corrected chi connectivity index (χ4v) is 5.58. The van der Waals surface area contributed by atoms with E-state index in [0.29, 0.717) is 17.1 Å². The lowest BCUT2D eigenvalue weighted by molar-refractivity contribution is -0.230. The normalized spacial score (nSPS) is 25.9. The van der Waals surface area contributed by atoms with Gasteiger partial charge in [0.25, 0.3) is 0 Å². The van der Waals surface area contributed by atoms with Crippen LogP contribution in [0.5, 0.6) is 0 Å². The predicted octanol–water partition coefficient (Wildman–Crippen LogP) is 5.43. The lowest BCUT2D eigenvalue weighted by atomic mass is 9.70. The van der Waals surface area contributed by atoms with Gasteiger partial charge in [-0.3, -0.25) is 4.90 Å². The van der Waals surface area contributed by atoms with Crippen molar-refractivity contribution < 1.29 is 17.9 Å². The van der Waals surface area contributed by atoms with Crippen molar-refractivity contribution in [3.8, 4) is 6.07 Å². The summed E-state index contributed by atoms with van der Waals surface area (Å²) in [6, 6.07) is 9.82. The molecule has 0 saturated carbocycles. The van der Waals surface area contributed by atoms with Crippen LogP contribution in [0.1, 0.15) is 54.1 Å². The van der Waals surface area contributed by atoms with Crippen LogP contribution in [0.4, 0.5) is 13.2 Å². The molecule has 0 radical (unpaired) electrons. The summed E-state index contributed by atoms with van der Waals surface area (Å²) in [4.78, 5) is 5.58. The van der Waals surface area contributed by atoms with Crippen LogP contribution in [0, 0.1) is 16.7 Å². The Kier molecular flexibility index (Phi) is 5.88. The number of ether oxygens (including phenoxy) is 1. The quantitative estimate of drug-likeness (QED) is 0.590. The van der Waals surface area contributed by atoms with Crippen molar-refractivity contribution in [2.45, 2.75) is 64.0 Å². The van der Waals surface area contributed by atoms with Gasteiger partial charge in [-0.15, -0.1) is 11.3 Å². The summed E-state index contributed by atoms with van der Waals surface area (Å²) in [5.41, 5.74) is 1.70. The lowest BCUT2D eigenvalue weighted by Gasteiger charge is -2.52. The number of likely N-dealkylation sites (tertiary alicyclic amines) is 1. The lowest BCUT2D eigenvalue weighted by Crippen LogP contribution is -2.55. The zero-order chi connectivity index (χ0) is 22.3. The van der Waals surface area contributed by atoms with Gasteiger partial charge in [-0.05, 0) is 57.4 Å². The van der Waals surface area contributed by atoms with Crippen LogP contribution in [0.15, 0.2) is 30.5 Å². The third-order valence-electron chi connectivity index (χ3n) is 6.47. The molecule has 1 unspecified atom stereocenters. The Morgan fingerprint density at radius 1 is 1.29 bits per heavy atom. The first-order valence-electron chi connectivity index (χ1n) is 10.5. The molecular formula is C23H26F3N3OS. The van der Waals surface area contributed by atoms with E-state index in [1.165, 1.54) is 5.56 Å². The van der Waals surface area contributed by atoms with Gasteiger partial charge in [0.2, 0.25) is 0 Å². The highest BCUT2D eigenvalue weighted by atomic mass is 32.1. The van der Waals surface area contributed by atoms with Gasteiger partial charge >= 0.3 is 6.18 Å². The van der Waals surface area contributed by atoms with Crippen LogP contribution in [-0.4, -0.2) is 34.7 Å². The molecule has 1 aromatic carbocycles. The largest absolute Gasteiger partial charge is 0.427 e. The van der Waals surface area contributed by atoms with Crippen molar-refractivity contribution in [2.75, 3.05) is 13.1 Å². The SMILES string of the molecule is CC1(C)CC([C@]2(CCc3ccc(C#N)cc3)CCN(Cc3ncc(C(F)(F)F)s3)C2)O1. The second-order valence-electron chi connectivity index (χ2n) is 9.32. The highest BCUT2D eigenvalue weighted by Crippen LogP contribution is 2.49. The maximum Gasteiger partial charge on any atom is 0.427 e. The molecule has 4 rings (SSSR count). The Morgan fingerprint density at radius 2 is 2.00 bits per heavy atom. The number of hydrogen-bond donors (Lipinski definition) is 0. The van der Waals surface area contributed by atoms with E-state index in [1.807, 2.05) is 24.3 Å². The molecule has 8 heteroatoms. The smallest absolute Gasteiger partial charge is 0.372 e.